The summed E-state index contributed by atoms with van der Waals surface area (Å²) in [6.07, 6.45) is 1.75. The Kier molecular flexibility index (Phi) is 4.99. The molecular weight excluding hydrogens is 230 g/mol. The lowest BCUT2D eigenvalue weighted by Crippen LogP contribution is -2.03. The van der Waals surface area contributed by atoms with E-state index in [0.717, 1.165) is 0 Å². The Morgan fingerprint density at radius 3 is 2.55 bits per heavy atom. The van der Waals surface area contributed by atoms with E-state index in [1.54, 1.807) is 12.3 Å². The number of ether oxygens (including phenoxy) is 1. The van der Waals surface area contributed by atoms with Gasteiger partial charge in [-0.1, -0.05) is 0 Å². The van der Waals surface area contributed by atoms with Gasteiger partial charge < -0.3 is 4.74 Å². The summed E-state index contributed by atoms with van der Waals surface area (Å²) in [4.78, 5) is 10.8. The first-order chi connectivity index (χ1) is 5.17. The highest BCUT2D eigenvalue weighted by Crippen LogP contribution is 2.23. The Bertz CT molecular complexity index is 231. The Morgan fingerprint density at radius 1 is 1.73 bits per heavy atom. The highest BCUT2D eigenvalue weighted by atomic mass is 79.9. The maximum atomic E-state index is 10.8. The van der Waals surface area contributed by atoms with Gasteiger partial charge >= 0.3 is 5.97 Å². The van der Waals surface area contributed by atoms with Crippen molar-refractivity contribution in [2.75, 3.05) is 13.4 Å². The topological polar surface area (TPSA) is 50.1 Å². The van der Waals surface area contributed by atoms with Gasteiger partial charge in [-0.05, 0) is 22.2 Å². The van der Waals surface area contributed by atoms with E-state index in [4.69, 9.17) is 5.26 Å². The molecule has 5 heteroatoms. The SMILES string of the molecule is COC(=O)C(C#N)=C(Br)SC. The Balaban J connectivity index is 4.69. The van der Waals surface area contributed by atoms with E-state index in [2.05, 4.69) is 20.7 Å². The minimum Gasteiger partial charge on any atom is -0.465 e. The first-order valence-corrected chi connectivity index (χ1v) is 4.61. The number of hydrogen-bond donors (Lipinski definition) is 0. The van der Waals surface area contributed by atoms with Gasteiger partial charge in [0.05, 0.1) is 10.9 Å². The summed E-state index contributed by atoms with van der Waals surface area (Å²) < 4.78 is 4.86. The molecule has 0 aliphatic heterocycles. The maximum Gasteiger partial charge on any atom is 0.350 e. The second-order valence-corrected chi connectivity index (χ2v) is 3.59. The second-order valence-electron chi connectivity index (χ2n) is 1.46. The summed E-state index contributed by atoms with van der Waals surface area (Å²) >= 11 is 4.34. The molecule has 0 rings (SSSR count). The molecule has 0 amide bonds. The fraction of sp³-hybridized carbons (Fsp3) is 0.333. The van der Waals surface area contributed by atoms with Gasteiger partial charge in [0.1, 0.15) is 6.07 Å². The number of hydrogen-bond acceptors (Lipinski definition) is 4. The van der Waals surface area contributed by atoms with E-state index in [-0.39, 0.29) is 5.57 Å². The molecule has 3 nitrogen and oxygen atoms in total. The highest BCUT2D eigenvalue weighted by Gasteiger charge is 2.12. The van der Waals surface area contributed by atoms with Crippen LogP contribution in [0.15, 0.2) is 9.39 Å². The van der Waals surface area contributed by atoms with E-state index in [1.807, 2.05) is 0 Å². The Labute approximate surface area is 77.5 Å². The van der Waals surface area contributed by atoms with E-state index in [9.17, 15) is 4.79 Å². The van der Waals surface area contributed by atoms with Crippen molar-refractivity contribution >= 4 is 33.7 Å². The zero-order chi connectivity index (χ0) is 8.85. The number of carbonyl (C=O) groups excluding carboxylic acids is 1. The summed E-state index contributed by atoms with van der Waals surface area (Å²) in [5, 5.41) is 8.48. The molecule has 0 aromatic rings. The van der Waals surface area contributed by atoms with Crippen LogP contribution in [-0.2, 0) is 9.53 Å². The summed E-state index contributed by atoms with van der Waals surface area (Å²) in [5.41, 5.74) is 0.000000000000000222. The molecule has 0 saturated heterocycles. The van der Waals surface area contributed by atoms with Crippen molar-refractivity contribution in [3.63, 3.8) is 0 Å². The molecule has 0 radical (unpaired) electrons. The van der Waals surface area contributed by atoms with Gasteiger partial charge in [0, 0.05) is 0 Å². The van der Waals surface area contributed by atoms with Gasteiger partial charge in [-0.15, -0.1) is 11.8 Å². The second kappa shape index (κ2) is 5.22. The lowest BCUT2D eigenvalue weighted by molar-refractivity contribution is -0.135. The monoisotopic (exact) mass is 235 g/mol. The van der Waals surface area contributed by atoms with Gasteiger partial charge in [-0.3, -0.25) is 0 Å². The standard InChI is InChI=1S/C6H6BrNO2S/c1-10-6(9)4(3-8)5(7)11-2/h1-2H3. The van der Waals surface area contributed by atoms with Gasteiger partial charge in [0.2, 0.25) is 0 Å². The van der Waals surface area contributed by atoms with Crippen molar-refractivity contribution in [1.29, 1.82) is 5.26 Å². The van der Waals surface area contributed by atoms with Gasteiger partial charge in [-0.2, -0.15) is 5.26 Å². The van der Waals surface area contributed by atoms with E-state index in [1.165, 1.54) is 18.9 Å². The number of methoxy groups -OCH3 is 1. The van der Waals surface area contributed by atoms with Crippen LogP contribution in [0, 0.1) is 11.3 Å². The zero-order valence-corrected chi connectivity index (χ0v) is 8.45. The lowest BCUT2D eigenvalue weighted by atomic mass is 10.3. The Hall–Kier alpha value is -0.470. The summed E-state index contributed by atoms with van der Waals surface area (Å²) in [5.74, 6) is -0.617. The molecule has 0 heterocycles. The lowest BCUT2D eigenvalue weighted by Gasteiger charge is -1.97. The van der Waals surface area contributed by atoms with Gasteiger partial charge in [-0.25, -0.2) is 4.79 Å². The molecule has 0 aromatic carbocycles. The minimum absolute atomic E-state index is 0.000000000000000222. The summed E-state index contributed by atoms with van der Waals surface area (Å²) in [6, 6.07) is 1.74. The smallest absolute Gasteiger partial charge is 0.350 e. The molecule has 0 N–H and O–H groups in total. The van der Waals surface area contributed by atoms with E-state index >= 15 is 0 Å². The summed E-state index contributed by atoms with van der Waals surface area (Å²) in [7, 11) is 1.24. The third kappa shape index (κ3) is 2.95. The van der Waals surface area contributed by atoms with Gasteiger partial charge in [0.15, 0.2) is 5.57 Å². The summed E-state index contributed by atoms with van der Waals surface area (Å²) in [6.45, 7) is 0. The zero-order valence-electron chi connectivity index (χ0n) is 6.05. The fourth-order valence-electron chi connectivity index (χ4n) is 0.374. The minimum atomic E-state index is -0.617. The highest BCUT2D eigenvalue weighted by molar-refractivity contribution is 9.14. The van der Waals surface area contributed by atoms with Crippen LogP contribution in [0.2, 0.25) is 0 Å². The number of halogens is 1. The van der Waals surface area contributed by atoms with Crippen LogP contribution in [0.1, 0.15) is 0 Å². The normalized spacial score (nSPS) is 11.5. The molecule has 0 aliphatic rings. The van der Waals surface area contributed by atoms with Crippen LogP contribution >= 0.6 is 27.7 Å². The third-order valence-electron chi connectivity index (χ3n) is 0.877. The molecule has 0 unspecified atom stereocenters. The predicted octanol–water partition coefficient (Wildman–Crippen LogP) is 1.65. The fourth-order valence-corrected chi connectivity index (χ4v) is 0.958. The van der Waals surface area contributed by atoms with Crippen LogP contribution in [0.25, 0.3) is 0 Å². The van der Waals surface area contributed by atoms with Crippen LogP contribution in [0.5, 0.6) is 0 Å². The third-order valence-corrected chi connectivity index (χ3v) is 2.81. The molecule has 60 valence electrons. The molecule has 0 aliphatic carbocycles. The Morgan fingerprint density at radius 2 is 2.27 bits per heavy atom. The quantitative estimate of drug-likeness (QED) is 0.415. The number of nitrogens with zero attached hydrogens (tertiary/aromatic N) is 1. The number of esters is 1. The average Bonchev–Trinajstić information content (AvgIpc) is 2.05. The largest absolute Gasteiger partial charge is 0.465 e. The van der Waals surface area contributed by atoms with E-state index in [0.29, 0.717) is 3.81 Å². The van der Waals surface area contributed by atoms with Crippen LogP contribution in [0.4, 0.5) is 0 Å². The van der Waals surface area contributed by atoms with Crippen LogP contribution in [0.3, 0.4) is 0 Å². The van der Waals surface area contributed by atoms with E-state index < -0.39 is 5.97 Å². The van der Waals surface area contributed by atoms with Crippen molar-refractivity contribution in [2.45, 2.75) is 0 Å². The number of carbonyl (C=O) groups is 1. The van der Waals surface area contributed by atoms with Crippen molar-refractivity contribution in [3.05, 3.63) is 9.39 Å². The van der Waals surface area contributed by atoms with Crippen molar-refractivity contribution in [3.8, 4) is 6.07 Å². The van der Waals surface area contributed by atoms with Crippen LogP contribution < -0.4 is 0 Å². The molecule has 0 bridgehead atoms. The molecule has 0 atom stereocenters. The predicted molar refractivity (Wildman–Crippen MR) is 47.1 cm³/mol. The van der Waals surface area contributed by atoms with Gasteiger partial charge in [0.25, 0.3) is 0 Å². The first-order valence-electron chi connectivity index (χ1n) is 2.59. The van der Waals surface area contributed by atoms with Crippen LogP contribution in [-0.4, -0.2) is 19.3 Å². The first kappa shape index (κ1) is 10.5. The van der Waals surface area contributed by atoms with Crippen molar-refractivity contribution < 1.29 is 9.53 Å². The number of thioether (sulfide) groups is 1. The average molecular weight is 236 g/mol. The number of nitriles is 1. The maximum absolute atomic E-state index is 10.8. The molecule has 0 fully saturated rings. The molecule has 0 aromatic heterocycles. The van der Waals surface area contributed by atoms with Crippen molar-refractivity contribution in [1.82, 2.24) is 0 Å². The molecule has 0 saturated carbocycles. The number of rotatable bonds is 2. The molecule has 0 spiro atoms. The molecular formula is C6H6BrNO2S. The van der Waals surface area contributed by atoms with Crippen molar-refractivity contribution in [2.24, 2.45) is 0 Å². The molecule has 11 heavy (non-hydrogen) atoms.